The second-order valence-corrected chi connectivity index (χ2v) is 7.80. The van der Waals surface area contributed by atoms with Crippen LogP contribution in [0.4, 0.5) is 0 Å². The summed E-state index contributed by atoms with van der Waals surface area (Å²) in [7, 11) is 4.14. The molecule has 5 heteroatoms. The molecule has 2 aromatic rings. The third kappa shape index (κ3) is 4.97. The molecule has 1 fully saturated rings. The number of pyridine rings is 1. The summed E-state index contributed by atoms with van der Waals surface area (Å²) in [6.45, 7) is 6.26. The molecule has 0 radical (unpaired) electrons. The van der Waals surface area contributed by atoms with E-state index in [0.29, 0.717) is 18.7 Å². The molecule has 2 heterocycles. The molecular weight excluding hydrogens is 350 g/mol. The van der Waals surface area contributed by atoms with Crippen LogP contribution < -0.4 is 0 Å². The number of nitrogens with zero attached hydrogens (tertiary/aromatic N) is 3. The Bertz CT molecular complexity index is 771. The van der Waals surface area contributed by atoms with Gasteiger partial charge < -0.3 is 14.5 Å². The quantitative estimate of drug-likeness (QED) is 0.763. The fourth-order valence-electron chi connectivity index (χ4n) is 3.83. The zero-order valence-electron chi connectivity index (χ0n) is 17.4. The minimum absolute atomic E-state index is 0.0325. The number of amides is 1. The highest BCUT2D eigenvalue weighted by molar-refractivity contribution is 5.94. The highest BCUT2D eigenvalue weighted by atomic mass is 16.5. The van der Waals surface area contributed by atoms with Crippen molar-refractivity contribution in [1.82, 2.24) is 14.8 Å². The van der Waals surface area contributed by atoms with E-state index < -0.39 is 0 Å². The SMILES string of the molecule is CCN(C(=O)c1ccc(C)nc1)[C@H]1CCO[C@@H](c2ccc(CN(C)C)cc2)C1. The van der Waals surface area contributed by atoms with E-state index in [4.69, 9.17) is 4.74 Å². The van der Waals surface area contributed by atoms with E-state index in [2.05, 4.69) is 48.2 Å². The van der Waals surface area contributed by atoms with Gasteiger partial charge in [-0.05, 0) is 64.0 Å². The maximum absolute atomic E-state index is 13.0. The molecule has 2 atom stereocenters. The Kier molecular flexibility index (Phi) is 6.81. The first-order valence-electron chi connectivity index (χ1n) is 10.1. The monoisotopic (exact) mass is 381 g/mol. The molecule has 5 nitrogen and oxygen atoms in total. The molecule has 150 valence electrons. The third-order valence-electron chi connectivity index (χ3n) is 5.31. The van der Waals surface area contributed by atoms with Gasteiger partial charge in [-0.15, -0.1) is 0 Å². The van der Waals surface area contributed by atoms with Crippen molar-refractivity contribution in [3.8, 4) is 0 Å². The molecule has 1 saturated heterocycles. The predicted molar refractivity (Wildman–Crippen MR) is 111 cm³/mol. The van der Waals surface area contributed by atoms with Crippen LogP contribution in [0, 0.1) is 6.92 Å². The molecular formula is C23H31N3O2. The average molecular weight is 382 g/mol. The Morgan fingerprint density at radius 3 is 2.54 bits per heavy atom. The molecule has 0 spiro atoms. The van der Waals surface area contributed by atoms with Gasteiger partial charge in [-0.1, -0.05) is 24.3 Å². The molecule has 1 aliphatic rings. The second-order valence-electron chi connectivity index (χ2n) is 7.80. The van der Waals surface area contributed by atoms with Crippen LogP contribution >= 0.6 is 0 Å². The second kappa shape index (κ2) is 9.30. The molecule has 0 N–H and O–H groups in total. The summed E-state index contributed by atoms with van der Waals surface area (Å²) < 4.78 is 6.05. The zero-order valence-corrected chi connectivity index (χ0v) is 17.4. The van der Waals surface area contributed by atoms with E-state index in [1.54, 1.807) is 6.20 Å². The van der Waals surface area contributed by atoms with Crippen LogP contribution in [-0.4, -0.2) is 54.0 Å². The van der Waals surface area contributed by atoms with Gasteiger partial charge >= 0.3 is 0 Å². The lowest BCUT2D eigenvalue weighted by Gasteiger charge is -2.37. The van der Waals surface area contributed by atoms with Crippen molar-refractivity contribution in [2.75, 3.05) is 27.2 Å². The summed E-state index contributed by atoms with van der Waals surface area (Å²) in [6, 6.07) is 12.6. The first kappa shape index (κ1) is 20.5. The number of aryl methyl sites for hydroxylation is 1. The first-order chi connectivity index (χ1) is 13.5. The Morgan fingerprint density at radius 1 is 1.18 bits per heavy atom. The van der Waals surface area contributed by atoms with Gasteiger partial charge in [0.25, 0.3) is 5.91 Å². The molecule has 0 aliphatic carbocycles. The van der Waals surface area contributed by atoms with E-state index in [1.807, 2.05) is 30.9 Å². The first-order valence-corrected chi connectivity index (χ1v) is 10.1. The van der Waals surface area contributed by atoms with E-state index in [0.717, 1.165) is 25.1 Å². The van der Waals surface area contributed by atoms with Crippen molar-refractivity contribution in [3.05, 3.63) is 65.0 Å². The fraction of sp³-hybridized carbons (Fsp3) is 0.478. The highest BCUT2D eigenvalue weighted by Gasteiger charge is 2.30. The summed E-state index contributed by atoms with van der Waals surface area (Å²) in [5.41, 5.74) is 4.05. The van der Waals surface area contributed by atoms with Crippen molar-refractivity contribution >= 4 is 5.91 Å². The summed E-state index contributed by atoms with van der Waals surface area (Å²) >= 11 is 0. The Balaban J connectivity index is 1.70. The van der Waals surface area contributed by atoms with Gasteiger partial charge in [-0.2, -0.15) is 0 Å². The van der Waals surface area contributed by atoms with Crippen LogP contribution in [0.25, 0.3) is 0 Å². The van der Waals surface area contributed by atoms with E-state index in [1.165, 1.54) is 11.1 Å². The van der Waals surface area contributed by atoms with E-state index in [9.17, 15) is 4.79 Å². The minimum Gasteiger partial charge on any atom is -0.373 e. The molecule has 1 aromatic carbocycles. The largest absolute Gasteiger partial charge is 0.373 e. The van der Waals surface area contributed by atoms with Crippen LogP contribution in [0.3, 0.4) is 0 Å². The van der Waals surface area contributed by atoms with Crippen LogP contribution in [0.2, 0.25) is 0 Å². The van der Waals surface area contributed by atoms with Crippen molar-refractivity contribution in [1.29, 1.82) is 0 Å². The molecule has 1 aromatic heterocycles. The van der Waals surface area contributed by atoms with E-state index >= 15 is 0 Å². The Morgan fingerprint density at radius 2 is 1.93 bits per heavy atom. The van der Waals surface area contributed by atoms with Gasteiger partial charge in [0.05, 0.1) is 11.7 Å². The van der Waals surface area contributed by atoms with Crippen molar-refractivity contribution in [2.45, 2.75) is 45.4 Å². The number of rotatable bonds is 6. The number of hydrogen-bond acceptors (Lipinski definition) is 4. The molecule has 3 rings (SSSR count). The van der Waals surface area contributed by atoms with Crippen LogP contribution in [-0.2, 0) is 11.3 Å². The standard InChI is InChI=1S/C23H31N3O2/c1-5-26(23(27)20-9-6-17(2)24-15-20)21-12-13-28-22(14-21)19-10-7-18(8-11-19)16-25(3)4/h6-11,15,21-22H,5,12-14,16H2,1-4H3/t21-,22+/m0/s1. The lowest BCUT2D eigenvalue weighted by Crippen LogP contribution is -2.44. The van der Waals surface area contributed by atoms with Crippen LogP contribution in [0.1, 0.15) is 53.0 Å². The van der Waals surface area contributed by atoms with Gasteiger partial charge in [0.15, 0.2) is 0 Å². The molecule has 1 amide bonds. The van der Waals surface area contributed by atoms with Gasteiger partial charge in [-0.3, -0.25) is 9.78 Å². The normalized spacial score (nSPS) is 19.6. The molecule has 0 unspecified atom stereocenters. The summed E-state index contributed by atoms with van der Waals surface area (Å²) in [5, 5.41) is 0. The van der Waals surface area contributed by atoms with E-state index in [-0.39, 0.29) is 18.1 Å². The summed E-state index contributed by atoms with van der Waals surface area (Å²) in [5.74, 6) is 0.0574. The van der Waals surface area contributed by atoms with Crippen LogP contribution in [0.5, 0.6) is 0 Å². The molecule has 1 aliphatic heterocycles. The van der Waals surface area contributed by atoms with Crippen molar-refractivity contribution < 1.29 is 9.53 Å². The predicted octanol–water partition coefficient (Wildman–Crippen LogP) is 3.83. The number of aromatic nitrogens is 1. The van der Waals surface area contributed by atoms with Gasteiger partial charge in [-0.25, -0.2) is 0 Å². The average Bonchev–Trinajstić information content (AvgIpc) is 2.69. The lowest BCUT2D eigenvalue weighted by atomic mass is 9.95. The number of ether oxygens (including phenoxy) is 1. The third-order valence-corrected chi connectivity index (χ3v) is 5.31. The van der Waals surface area contributed by atoms with Crippen molar-refractivity contribution in [2.24, 2.45) is 0 Å². The number of hydrogen-bond donors (Lipinski definition) is 0. The number of carbonyl (C=O) groups is 1. The zero-order chi connectivity index (χ0) is 20.1. The van der Waals surface area contributed by atoms with Crippen molar-refractivity contribution in [3.63, 3.8) is 0 Å². The maximum Gasteiger partial charge on any atom is 0.255 e. The van der Waals surface area contributed by atoms with Gasteiger partial charge in [0, 0.05) is 37.6 Å². The van der Waals surface area contributed by atoms with Gasteiger partial charge in [0.1, 0.15) is 0 Å². The number of benzene rings is 1. The smallest absolute Gasteiger partial charge is 0.255 e. The molecule has 0 saturated carbocycles. The maximum atomic E-state index is 13.0. The Hall–Kier alpha value is -2.24. The molecule has 28 heavy (non-hydrogen) atoms. The highest BCUT2D eigenvalue weighted by Crippen LogP contribution is 2.31. The summed E-state index contributed by atoms with van der Waals surface area (Å²) in [4.78, 5) is 21.4. The minimum atomic E-state index is 0.0325. The topological polar surface area (TPSA) is 45.7 Å². The summed E-state index contributed by atoms with van der Waals surface area (Å²) in [6.07, 6.45) is 3.41. The van der Waals surface area contributed by atoms with Gasteiger partial charge in [0.2, 0.25) is 0 Å². The lowest BCUT2D eigenvalue weighted by molar-refractivity contribution is -0.0231. The fourth-order valence-corrected chi connectivity index (χ4v) is 3.83. The molecule has 0 bridgehead atoms. The Labute approximate surface area is 168 Å². The number of carbonyl (C=O) groups excluding carboxylic acids is 1. The van der Waals surface area contributed by atoms with Crippen LogP contribution in [0.15, 0.2) is 42.6 Å².